The zero-order chi connectivity index (χ0) is 13.9. The van der Waals surface area contributed by atoms with Crippen LogP contribution in [-0.2, 0) is 10.0 Å². The molecule has 1 unspecified atom stereocenters. The van der Waals surface area contributed by atoms with Crippen LogP contribution in [0.3, 0.4) is 0 Å². The summed E-state index contributed by atoms with van der Waals surface area (Å²) in [4.78, 5) is -0.133. The van der Waals surface area contributed by atoms with Crippen LogP contribution in [0.4, 0.5) is 10.1 Å². The fourth-order valence-electron chi connectivity index (χ4n) is 1.65. The molecule has 0 amide bonds. The molecule has 0 aliphatic carbocycles. The first-order valence-corrected chi connectivity index (χ1v) is 7.34. The summed E-state index contributed by atoms with van der Waals surface area (Å²) < 4.78 is 40.0. The molecule has 0 aliphatic rings. The summed E-state index contributed by atoms with van der Waals surface area (Å²) in [6.07, 6.45) is 1.59. The number of anilines is 1. The number of hydrogen-bond acceptors (Lipinski definition) is 3. The molecule has 4 nitrogen and oxygen atoms in total. The Kier molecular flexibility index (Phi) is 4.70. The topological polar surface area (TPSA) is 72.2 Å². The van der Waals surface area contributed by atoms with Gasteiger partial charge in [-0.2, -0.15) is 0 Å². The first-order valence-electron chi connectivity index (χ1n) is 5.86. The van der Waals surface area contributed by atoms with Gasteiger partial charge in [-0.1, -0.05) is 13.3 Å². The van der Waals surface area contributed by atoms with Crippen molar-refractivity contribution in [2.24, 2.45) is 0 Å². The van der Waals surface area contributed by atoms with Gasteiger partial charge in [0, 0.05) is 17.3 Å². The van der Waals surface area contributed by atoms with Crippen molar-refractivity contribution in [3.63, 3.8) is 0 Å². The molecule has 18 heavy (non-hydrogen) atoms. The number of hydrogen-bond donors (Lipinski definition) is 2. The Labute approximate surface area is 107 Å². The van der Waals surface area contributed by atoms with E-state index in [9.17, 15) is 12.8 Å². The maximum absolute atomic E-state index is 13.5. The second kappa shape index (κ2) is 5.67. The molecule has 0 heterocycles. The van der Waals surface area contributed by atoms with Gasteiger partial charge < -0.3 is 5.73 Å². The van der Waals surface area contributed by atoms with Crippen LogP contribution in [-0.4, -0.2) is 14.5 Å². The molecule has 0 saturated carbocycles. The Balaban J connectivity index is 3.06. The van der Waals surface area contributed by atoms with Gasteiger partial charge >= 0.3 is 0 Å². The van der Waals surface area contributed by atoms with E-state index in [4.69, 9.17) is 5.73 Å². The third-order valence-corrected chi connectivity index (χ3v) is 4.32. The number of sulfonamides is 1. The van der Waals surface area contributed by atoms with Crippen LogP contribution < -0.4 is 10.5 Å². The SMILES string of the molecule is CCCC(C)NS(=O)(=O)c1cc(N)c(C)c(F)c1. The van der Waals surface area contributed by atoms with E-state index in [0.717, 1.165) is 18.9 Å². The van der Waals surface area contributed by atoms with Gasteiger partial charge in [0.2, 0.25) is 10.0 Å². The van der Waals surface area contributed by atoms with Gasteiger partial charge in [0.1, 0.15) is 5.82 Å². The third kappa shape index (κ3) is 3.43. The van der Waals surface area contributed by atoms with Crippen LogP contribution in [0.1, 0.15) is 32.3 Å². The minimum atomic E-state index is -3.71. The first kappa shape index (κ1) is 14.9. The van der Waals surface area contributed by atoms with Crippen molar-refractivity contribution in [2.45, 2.75) is 44.6 Å². The standard InChI is InChI=1S/C12H19FN2O2S/c1-4-5-8(2)15-18(16,17)10-6-11(13)9(3)12(14)7-10/h6-8,15H,4-5,14H2,1-3H3. The summed E-state index contributed by atoms with van der Waals surface area (Å²) in [5, 5.41) is 0. The lowest BCUT2D eigenvalue weighted by Crippen LogP contribution is -2.32. The van der Waals surface area contributed by atoms with Gasteiger partial charge in [-0.3, -0.25) is 0 Å². The van der Waals surface area contributed by atoms with E-state index in [2.05, 4.69) is 4.72 Å². The van der Waals surface area contributed by atoms with Crippen molar-refractivity contribution in [3.05, 3.63) is 23.5 Å². The molecule has 1 atom stereocenters. The highest BCUT2D eigenvalue weighted by Gasteiger charge is 2.19. The minimum Gasteiger partial charge on any atom is -0.398 e. The van der Waals surface area contributed by atoms with Crippen LogP contribution in [0, 0.1) is 12.7 Å². The van der Waals surface area contributed by atoms with Gasteiger partial charge in [-0.25, -0.2) is 17.5 Å². The highest BCUT2D eigenvalue weighted by Crippen LogP contribution is 2.21. The highest BCUT2D eigenvalue weighted by atomic mass is 32.2. The molecule has 1 rings (SSSR count). The molecule has 1 aromatic carbocycles. The molecule has 0 saturated heterocycles. The quantitative estimate of drug-likeness (QED) is 0.808. The summed E-state index contributed by atoms with van der Waals surface area (Å²) in [6.45, 7) is 5.25. The van der Waals surface area contributed by atoms with Gasteiger partial charge in [0.15, 0.2) is 0 Å². The van der Waals surface area contributed by atoms with Crippen LogP contribution in [0.5, 0.6) is 0 Å². The molecule has 0 fully saturated rings. The van der Waals surface area contributed by atoms with Gasteiger partial charge in [-0.05, 0) is 32.4 Å². The average Bonchev–Trinajstić information content (AvgIpc) is 2.24. The zero-order valence-electron chi connectivity index (χ0n) is 10.8. The van der Waals surface area contributed by atoms with Crippen LogP contribution in [0.25, 0.3) is 0 Å². The van der Waals surface area contributed by atoms with Gasteiger partial charge in [0.05, 0.1) is 4.90 Å². The van der Waals surface area contributed by atoms with E-state index in [-0.39, 0.29) is 22.2 Å². The lowest BCUT2D eigenvalue weighted by atomic mass is 10.2. The molecular weight excluding hydrogens is 255 g/mol. The summed E-state index contributed by atoms with van der Waals surface area (Å²) >= 11 is 0. The maximum Gasteiger partial charge on any atom is 0.240 e. The molecule has 0 spiro atoms. The number of halogens is 1. The highest BCUT2D eigenvalue weighted by molar-refractivity contribution is 7.89. The molecule has 0 aromatic heterocycles. The van der Waals surface area contributed by atoms with Crippen LogP contribution in [0.2, 0.25) is 0 Å². The van der Waals surface area contributed by atoms with Crippen molar-refractivity contribution in [3.8, 4) is 0 Å². The number of benzene rings is 1. The lowest BCUT2D eigenvalue weighted by molar-refractivity contribution is 0.542. The Morgan fingerprint density at radius 2 is 2.06 bits per heavy atom. The van der Waals surface area contributed by atoms with Crippen molar-refractivity contribution in [1.82, 2.24) is 4.72 Å². The van der Waals surface area contributed by atoms with Crippen molar-refractivity contribution < 1.29 is 12.8 Å². The van der Waals surface area contributed by atoms with E-state index < -0.39 is 15.8 Å². The predicted molar refractivity (Wildman–Crippen MR) is 70.2 cm³/mol. The summed E-state index contributed by atoms with van der Waals surface area (Å²) in [6, 6.07) is 2.08. The first-order chi connectivity index (χ1) is 8.27. The van der Waals surface area contributed by atoms with Crippen molar-refractivity contribution >= 4 is 15.7 Å². The molecular formula is C12H19FN2O2S. The lowest BCUT2D eigenvalue weighted by Gasteiger charge is -2.14. The van der Waals surface area contributed by atoms with E-state index in [1.165, 1.54) is 13.0 Å². The number of nitrogens with two attached hydrogens (primary N) is 1. The molecule has 0 radical (unpaired) electrons. The van der Waals surface area contributed by atoms with Crippen molar-refractivity contribution in [2.75, 3.05) is 5.73 Å². The number of rotatable bonds is 5. The zero-order valence-corrected chi connectivity index (χ0v) is 11.6. The summed E-state index contributed by atoms with van der Waals surface area (Å²) in [5.74, 6) is -0.612. The molecule has 0 bridgehead atoms. The second-order valence-corrected chi connectivity index (χ2v) is 6.14. The molecule has 6 heteroatoms. The normalized spacial score (nSPS) is 13.6. The molecule has 0 aliphatic heterocycles. The Bertz CT molecular complexity index is 506. The fraction of sp³-hybridized carbons (Fsp3) is 0.500. The molecule has 1 aromatic rings. The van der Waals surface area contributed by atoms with Gasteiger partial charge in [0.25, 0.3) is 0 Å². The van der Waals surface area contributed by atoms with Crippen molar-refractivity contribution in [1.29, 1.82) is 0 Å². The number of nitrogen functional groups attached to an aromatic ring is 1. The molecule has 3 N–H and O–H groups in total. The largest absolute Gasteiger partial charge is 0.398 e. The third-order valence-electron chi connectivity index (χ3n) is 2.75. The maximum atomic E-state index is 13.5. The predicted octanol–water partition coefficient (Wildman–Crippen LogP) is 2.18. The van der Waals surface area contributed by atoms with Crippen LogP contribution >= 0.6 is 0 Å². The average molecular weight is 274 g/mol. The Morgan fingerprint density at radius 3 is 2.56 bits per heavy atom. The fourth-order valence-corrected chi connectivity index (χ4v) is 2.98. The monoisotopic (exact) mass is 274 g/mol. The second-order valence-electron chi connectivity index (χ2n) is 4.43. The van der Waals surface area contributed by atoms with Crippen LogP contribution in [0.15, 0.2) is 17.0 Å². The molecule has 102 valence electrons. The summed E-state index contributed by atoms with van der Waals surface area (Å²) in [7, 11) is -3.71. The van der Waals surface area contributed by atoms with E-state index in [1.807, 2.05) is 6.92 Å². The summed E-state index contributed by atoms with van der Waals surface area (Å²) in [5.41, 5.74) is 5.97. The smallest absolute Gasteiger partial charge is 0.240 e. The Morgan fingerprint density at radius 1 is 1.44 bits per heavy atom. The van der Waals surface area contributed by atoms with Gasteiger partial charge in [-0.15, -0.1) is 0 Å². The van der Waals surface area contributed by atoms with E-state index >= 15 is 0 Å². The van der Waals surface area contributed by atoms with E-state index in [1.54, 1.807) is 6.92 Å². The minimum absolute atomic E-state index is 0.133. The van der Waals surface area contributed by atoms with E-state index in [0.29, 0.717) is 0 Å². The number of nitrogens with one attached hydrogen (secondary N) is 1. The Hall–Kier alpha value is -1.14.